The predicted octanol–water partition coefficient (Wildman–Crippen LogP) is 6.15. The Morgan fingerprint density at radius 3 is 2.29 bits per heavy atom. The molecule has 0 aliphatic rings. The van der Waals surface area contributed by atoms with E-state index in [4.69, 9.17) is 4.74 Å². The molecule has 4 nitrogen and oxygen atoms in total. The molecule has 0 atom stereocenters. The third-order valence-electron chi connectivity index (χ3n) is 3.98. The summed E-state index contributed by atoms with van der Waals surface area (Å²) in [6, 6.07) is 21.6. The molecule has 3 aromatic carbocycles. The first kappa shape index (κ1) is 20.4. The van der Waals surface area contributed by atoms with Crippen molar-refractivity contribution in [3.8, 4) is 5.75 Å². The van der Waals surface area contributed by atoms with E-state index in [0.717, 1.165) is 31.4 Å². The summed E-state index contributed by atoms with van der Waals surface area (Å²) in [7, 11) is 0. The number of para-hydroxylation sites is 1. The summed E-state index contributed by atoms with van der Waals surface area (Å²) in [5, 5.41) is 6.21. The number of hydrogen-bond donors (Lipinski definition) is 2. The molecule has 2 N–H and O–H groups in total. The fourth-order valence-corrected chi connectivity index (χ4v) is 4.18. The fraction of sp³-hybridized carbons (Fsp3) is 0.136. The van der Waals surface area contributed by atoms with E-state index >= 15 is 0 Å². The normalized spacial score (nSPS) is 10.4. The lowest BCUT2D eigenvalue weighted by atomic mass is 10.2. The summed E-state index contributed by atoms with van der Waals surface area (Å²) in [5.41, 5.74) is 3.99. The Kier molecular flexibility index (Phi) is 7.12. The van der Waals surface area contributed by atoms with E-state index < -0.39 is 0 Å². The zero-order valence-corrected chi connectivity index (χ0v) is 18.5. The quantitative estimate of drug-likeness (QED) is 0.406. The van der Waals surface area contributed by atoms with Crippen LogP contribution in [0.25, 0.3) is 0 Å². The first-order chi connectivity index (χ1) is 13.5. The molecule has 0 aromatic heterocycles. The molecule has 28 heavy (non-hydrogen) atoms. The minimum Gasteiger partial charge on any atom is -0.481 e. The van der Waals surface area contributed by atoms with Crippen LogP contribution in [0.2, 0.25) is 0 Å². The number of nitrogens with one attached hydrogen (secondary N) is 2. The van der Waals surface area contributed by atoms with Crippen LogP contribution in [0.3, 0.4) is 0 Å². The van der Waals surface area contributed by atoms with Crippen LogP contribution in [-0.2, 0) is 11.3 Å². The van der Waals surface area contributed by atoms with Crippen molar-refractivity contribution in [2.45, 2.75) is 13.5 Å². The molecule has 0 radical (unpaired) electrons. The van der Waals surface area contributed by atoms with Crippen molar-refractivity contribution < 1.29 is 9.53 Å². The lowest BCUT2D eigenvalue weighted by Gasteiger charge is -2.13. The van der Waals surface area contributed by atoms with E-state index in [1.54, 1.807) is 0 Å². The maximum atomic E-state index is 12.2. The van der Waals surface area contributed by atoms with Crippen LogP contribution < -0.4 is 15.4 Å². The van der Waals surface area contributed by atoms with Gasteiger partial charge in [-0.2, -0.15) is 0 Å². The van der Waals surface area contributed by atoms with Crippen LogP contribution >= 0.6 is 31.9 Å². The molecule has 144 valence electrons. The molecule has 1 amide bonds. The van der Waals surface area contributed by atoms with Crippen molar-refractivity contribution in [3.63, 3.8) is 0 Å². The van der Waals surface area contributed by atoms with Crippen molar-refractivity contribution in [2.24, 2.45) is 0 Å². The van der Waals surface area contributed by atoms with E-state index in [2.05, 4.69) is 42.5 Å². The van der Waals surface area contributed by atoms with Gasteiger partial charge in [0.15, 0.2) is 6.61 Å². The molecule has 0 saturated heterocycles. The van der Waals surface area contributed by atoms with Gasteiger partial charge in [0.25, 0.3) is 5.91 Å². The number of halogens is 2. The van der Waals surface area contributed by atoms with Gasteiger partial charge in [-0.05, 0) is 86.3 Å². The molecule has 0 heterocycles. The van der Waals surface area contributed by atoms with Gasteiger partial charge >= 0.3 is 0 Å². The molecule has 0 fully saturated rings. The minimum atomic E-state index is -0.209. The van der Waals surface area contributed by atoms with Crippen molar-refractivity contribution in [3.05, 3.63) is 86.8 Å². The van der Waals surface area contributed by atoms with Crippen LogP contribution in [0.15, 0.2) is 75.7 Å². The fourth-order valence-electron chi connectivity index (χ4n) is 2.67. The zero-order chi connectivity index (χ0) is 19.9. The number of ether oxygens (including phenoxy) is 1. The largest absolute Gasteiger partial charge is 0.481 e. The number of carbonyl (C=O) groups excluding carboxylic acids is 1. The van der Waals surface area contributed by atoms with Crippen molar-refractivity contribution in [1.29, 1.82) is 0 Å². The standard InChI is InChI=1S/C22H20Br2N2O2/c1-15-6-5-9-18(10-15)26-21(27)14-28-22-19(23)11-16(12-20(22)24)13-25-17-7-3-2-4-8-17/h2-12,25H,13-14H2,1H3,(H,26,27). The third kappa shape index (κ3) is 5.84. The molecular weight excluding hydrogens is 484 g/mol. The lowest BCUT2D eigenvalue weighted by molar-refractivity contribution is -0.118. The van der Waals surface area contributed by atoms with Crippen LogP contribution in [0.5, 0.6) is 5.75 Å². The van der Waals surface area contributed by atoms with Gasteiger partial charge < -0.3 is 15.4 Å². The average Bonchev–Trinajstić information content (AvgIpc) is 2.66. The monoisotopic (exact) mass is 502 g/mol. The zero-order valence-electron chi connectivity index (χ0n) is 15.3. The predicted molar refractivity (Wildman–Crippen MR) is 121 cm³/mol. The Morgan fingerprint density at radius 2 is 1.61 bits per heavy atom. The summed E-state index contributed by atoms with van der Waals surface area (Å²) in [5.74, 6) is 0.391. The van der Waals surface area contributed by atoms with Gasteiger partial charge in [0.1, 0.15) is 5.75 Å². The highest BCUT2D eigenvalue weighted by molar-refractivity contribution is 9.11. The maximum Gasteiger partial charge on any atom is 0.262 e. The highest BCUT2D eigenvalue weighted by atomic mass is 79.9. The maximum absolute atomic E-state index is 12.2. The number of amides is 1. The van der Waals surface area contributed by atoms with E-state index in [1.165, 1.54) is 0 Å². The summed E-state index contributed by atoms with van der Waals surface area (Å²) in [6.07, 6.45) is 0. The van der Waals surface area contributed by atoms with Crippen molar-refractivity contribution >= 4 is 49.1 Å². The lowest BCUT2D eigenvalue weighted by Crippen LogP contribution is -2.20. The molecule has 0 spiro atoms. The van der Waals surface area contributed by atoms with Crippen molar-refractivity contribution in [1.82, 2.24) is 0 Å². The minimum absolute atomic E-state index is 0.0766. The van der Waals surface area contributed by atoms with Crippen LogP contribution in [-0.4, -0.2) is 12.5 Å². The molecule has 3 rings (SSSR count). The second kappa shape index (κ2) is 9.75. The summed E-state index contributed by atoms with van der Waals surface area (Å²) < 4.78 is 7.30. The van der Waals surface area contributed by atoms with E-state index in [9.17, 15) is 4.79 Å². The Balaban J connectivity index is 1.58. The first-order valence-electron chi connectivity index (χ1n) is 8.77. The summed E-state index contributed by atoms with van der Waals surface area (Å²) in [6.45, 7) is 2.58. The molecular formula is C22H20Br2N2O2. The third-order valence-corrected chi connectivity index (χ3v) is 5.16. The van der Waals surface area contributed by atoms with E-state index in [0.29, 0.717) is 12.3 Å². The Hall–Kier alpha value is -2.31. The highest BCUT2D eigenvalue weighted by Crippen LogP contribution is 2.35. The van der Waals surface area contributed by atoms with Crippen molar-refractivity contribution in [2.75, 3.05) is 17.2 Å². The van der Waals surface area contributed by atoms with Gasteiger partial charge in [0, 0.05) is 17.9 Å². The summed E-state index contributed by atoms with van der Waals surface area (Å²) >= 11 is 7.07. The van der Waals surface area contributed by atoms with E-state index in [1.807, 2.05) is 73.7 Å². The second-order valence-electron chi connectivity index (χ2n) is 6.31. The number of anilines is 2. The SMILES string of the molecule is Cc1cccc(NC(=O)COc2c(Br)cc(CNc3ccccc3)cc2Br)c1. The molecule has 0 unspecified atom stereocenters. The van der Waals surface area contributed by atoms with Gasteiger partial charge in [-0.25, -0.2) is 0 Å². The molecule has 0 aliphatic carbocycles. The number of hydrogen-bond acceptors (Lipinski definition) is 3. The Labute approximate surface area is 181 Å². The topological polar surface area (TPSA) is 50.4 Å². The van der Waals surface area contributed by atoms with Crippen LogP contribution in [0.1, 0.15) is 11.1 Å². The van der Waals surface area contributed by atoms with Gasteiger partial charge in [-0.1, -0.05) is 30.3 Å². The molecule has 0 aliphatic heterocycles. The average molecular weight is 504 g/mol. The number of rotatable bonds is 7. The highest BCUT2D eigenvalue weighted by Gasteiger charge is 2.12. The van der Waals surface area contributed by atoms with Gasteiger partial charge in [-0.15, -0.1) is 0 Å². The second-order valence-corrected chi connectivity index (χ2v) is 8.02. The van der Waals surface area contributed by atoms with Gasteiger partial charge in [0.2, 0.25) is 0 Å². The van der Waals surface area contributed by atoms with Gasteiger partial charge in [0.05, 0.1) is 8.95 Å². The summed E-state index contributed by atoms with van der Waals surface area (Å²) in [4.78, 5) is 12.2. The number of benzene rings is 3. The number of aryl methyl sites for hydroxylation is 1. The molecule has 3 aromatic rings. The molecule has 0 bridgehead atoms. The first-order valence-corrected chi connectivity index (χ1v) is 10.4. The van der Waals surface area contributed by atoms with Crippen LogP contribution in [0, 0.1) is 6.92 Å². The van der Waals surface area contributed by atoms with E-state index in [-0.39, 0.29) is 12.5 Å². The number of carbonyl (C=O) groups is 1. The Morgan fingerprint density at radius 1 is 0.929 bits per heavy atom. The van der Waals surface area contributed by atoms with Gasteiger partial charge in [-0.3, -0.25) is 4.79 Å². The molecule has 0 saturated carbocycles. The molecule has 6 heteroatoms. The Bertz CT molecular complexity index is 939. The smallest absolute Gasteiger partial charge is 0.262 e. The van der Waals surface area contributed by atoms with Crippen LogP contribution in [0.4, 0.5) is 11.4 Å².